The maximum absolute atomic E-state index is 11.7. The van der Waals surface area contributed by atoms with E-state index in [9.17, 15) is 9.90 Å². The van der Waals surface area contributed by atoms with Crippen LogP contribution in [0.3, 0.4) is 0 Å². The fourth-order valence-corrected chi connectivity index (χ4v) is 2.30. The number of ether oxygens (including phenoxy) is 4. The number of esters is 1. The quantitative estimate of drug-likeness (QED) is 0.397. The van der Waals surface area contributed by atoms with Gasteiger partial charge in [0.2, 0.25) is 0 Å². The Bertz CT molecular complexity index is 285. The Balaban J connectivity index is 2.31. The minimum Gasteiger partial charge on any atom is -0.459 e. The molecule has 112 valence electrons. The molecular weight excluding hydrogens is 252 g/mol. The zero-order chi connectivity index (χ0) is 14.5. The molecule has 1 fully saturated rings. The van der Waals surface area contributed by atoms with E-state index in [1.807, 2.05) is 6.92 Å². The van der Waals surface area contributed by atoms with E-state index in [2.05, 4.69) is 0 Å². The predicted octanol–water partition coefficient (Wildman–Crippen LogP) is 0.572. The van der Waals surface area contributed by atoms with Crippen molar-refractivity contribution in [3.63, 3.8) is 0 Å². The molecule has 6 heteroatoms. The monoisotopic (exact) mass is 276 g/mol. The zero-order valence-corrected chi connectivity index (χ0v) is 12.0. The van der Waals surface area contributed by atoms with Crippen molar-refractivity contribution in [1.82, 2.24) is 0 Å². The Morgan fingerprint density at radius 3 is 2.53 bits per heavy atom. The van der Waals surface area contributed by atoms with Crippen molar-refractivity contribution >= 4 is 5.97 Å². The zero-order valence-electron chi connectivity index (χ0n) is 12.0. The molecule has 3 atom stereocenters. The van der Waals surface area contributed by atoms with Gasteiger partial charge >= 0.3 is 5.97 Å². The van der Waals surface area contributed by atoms with Gasteiger partial charge in [0.05, 0.1) is 31.3 Å². The van der Waals surface area contributed by atoms with Crippen LogP contribution in [0.1, 0.15) is 20.8 Å². The van der Waals surface area contributed by atoms with E-state index in [4.69, 9.17) is 18.9 Å². The van der Waals surface area contributed by atoms with Gasteiger partial charge < -0.3 is 24.1 Å². The van der Waals surface area contributed by atoms with Crippen LogP contribution in [0, 0.1) is 11.8 Å². The Kier molecular flexibility index (Phi) is 6.19. The molecule has 1 heterocycles. The fourth-order valence-electron chi connectivity index (χ4n) is 2.30. The van der Waals surface area contributed by atoms with Crippen molar-refractivity contribution in [3.05, 3.63) is 0 Å². The van der Waals surface area contributed by atoms with Gasteiger partial charge in [-0.3, -0.25) is 4.79 Å². The smallest absolute Gasteiger partial charge is 0.312 e. The van der Waals surface area contributed by atoms with Crippen LogP contribution in [0.25, 0.3) is 0 Å². The third-order valence-electron chi connectivity index (χ3n) is 3.28. The van der Waals surface area contributed by atoms with Gasteiger partial charge in [-0.15, -0.1) is 0 Å². The molecule has 0 amide bonds. The number of cyclic esters (lactones) is 1. The molecule has 0 spiro atoms. The maximum Gasteiger partial charge on any atom is 0.312 e. The summed E-state index contributed by atoms with van der Waals surface area (Å²) >= 11 is 0. The molecule has 0 aromatic carbocycles. The van der Waals surface area contributed by atoms with Gasteiger partial charge in [0, 0.05) is 13.0 Å². The summed E-state index contributed by atoms with van der Waals surface area (Å²) in [6.07, 6.45) is -0.338. The lowest BCUT2D eigenvalue weighted by Crippen LogP contribution is -2.38. The van der Waals surface area contributed by atoms with Crippen LogP contribution in [-0.2, 0) is 23.7 Å². The SMILES string of the molecule is COCCOCOC[C@H]1OC(=O)[C@@H](C(C)(C)O)[C@@H]1C. The third kappa shape index (κ3) is 4.72. The summed E-state index contributed by atoms with van der Waals surface area (Å²) in [6, 6.07) is 0. The molecule has 1 rings (SSSR count). The van der Waals surface area contributed by atoms with E-state index in [1.54, 1.807) is 21.0 Å². The molecular formula is C13H24O6. The molecule has 19 heavy (non-hydrogen) atoms. The molecule has 1 saturated heterocycles. The Morgan fingerprint density at radius 2 is 2.00 bits per heavy atom. The molecule has 0 radical (unpaired) electrons. The topological polar surface area (TPSA) is 74.2 Å². The van der Waals surface area contributed by atoms with Crippen LogP contribution in [0.2, 0.25) is 0 Å². The number of carbonyl (C=O) groups excluding carboxylic acids is 1. The summed E-state index contributed by atoms with van der Waals surface area (Å²) in [5.74, 6) is -0.976. The minimum atomic E-state index is -1.08. The lowest BCUT2D eigenvalue weighted by atomic mass is 9.81. The average Bonchev–Trinajstić information content (AvgIpc) is 2.58. The minimum absolute atomic E-state index is 0.0912. The van der Waals surface area contributed by atoms with Gasteiger partial charge in [-0.1, -0.05) is 6.92 Å². The maximum atomic E-state index is 11.7. The van der Waals surface area contributed by atoms with Gasteiger partial charge in [-0.05, 0) is 13.8 Å². The van der Waals surface area contributed by atoms with E-state index in [0.717, 1.165) is 0 Å². The van der Waals surface area contributed by atoms with Gasteiger partial charge in [0.15, 0.2) is 0 Å². The van der Waals surface area contributed by atoms with E-state index < -0.39 is 11.5 Å². The molecule has 1 N–H and O–H groups in total. The first-order valence-corrected chi connectivity index (χ1v) is 6.45. The van der Waals surface area contributed by atoms with Crippen LogP contribution in [0.4, 0.5) is 0 Å². The van der Waals surface area contributed by atoms with E-state index in [-0.39, 0.29) is 31.4 Å². The summed E-state index contributed by atoms with van der Waals surface area (Å²) in [5, 5.41) is 9.96. The lowest BCUT2D eigenvalue weighted by Gasteiger charge is -2.26. The first-order valence-electron chi connectivity index (χ1n) is 6.45. The first kappa shape index (κ1) is 16.4. The van der Waals surface area contributed by atoms with Crippen molar-refractivity contribution in [2.45, 2.75) is 32.5 Å². The van der Waals surface area contributed by atoms with Crippen LogP contribution in [-0.4, -0.2) is 56.5 Å². The standard InChI is InChI=1S/C13H24O6/c1-9-10(7-18-8-17-6-5-16-4)19-12(14)11(9)13(2,3)15/h9-11,15H,5-8H2,1-4H3/t9-,10-,11+/m1/s1. The highest BCUT2D eigenvalue weighted by Crippen LogP contribution is 2.35. The van der Waals surface area contributed by atoms with Crippen molar-refractivity contribution in [2.75, 3.05) is 33.7 Å². The molecule has 0 saturated carbocycles. The largest absolute Gasteiger partial charge is 0.459 e. The molecule has 0 aliphatic carbocycles. The second-order valence-corrected chi connectivity index (χ2v) is 5.36. The van der Waals surface area contributed by atoms with Crippen molar-refractivity contribution < 1.29 is 28.8 Å². The summed E-state index contributed by atoms with van der Waals surface area (Å²) in [7, 11) is 1.60. The van der Waals surface area contributed by atoms with Gasteiger partial charge in [0.1, 0.15) is 12.9 Å². The molecule has 1 aliphatic heterocycles. The number of aliphatic hydroxyl groups is 1. The second-order valence-electron chi connectivity index (χ2n) is 5.36. The normalized spacial score (nSPS) is 27.6. The number of hydrogen-bond acceptors (Lipinski definition) is 6. The van der Waals surface area contributed by atoms with Crippen molar-refractivity contribution in [2.24, 2.45) is 11.8 Å². The Hall–Kier alpha value is -0.690. The predicted molar refractivity (Wildman–Crippen MR) is 67.5 cm³/mol. The van der Waals surface area contributed by atoms with E-state index in [0.29, 0.717) is 13.2 Å². The number of hydrogen-bond donors (Lipinski definition) is 1. The van der Waals surface area contributed by atoms with Crippen LogP contribution >= 0.6 is 0 Å². The Labute approximate surface area is 114 Å². The molecule has 0 unspecified atom stereocenters. The summed E-state index contributed by atoms with van der Waals surface area (Å²) < 4.78 is 20.5. The van der Waals surface area contributed by atoms with Gasteiger partial charge in [-0.25, -0.2) is 0 Å². The van der Waals surface area contributed by atoms with E-state index >= 15 is 0 Å². The van der Waals surface area contributed by atoms with Gasteiger partial charge in [0.25, 0.3) is 0 Å². The highest BCUT2D eigenvalue weighted by Gasteiger charge is 2.49. The number of rotatable bonds is 8. The summed E-state index contributed by atoms with van der Waals surface area (Å²) in [5.41, 5.74) is -1.08. The molecule has 0 aromatic heterocycles. The van der Waals surface area contributed by atoms with Crippen LogP contribution in [0.5, 0.6) is 0 Å². The van der Waals surface area contributed by atoms with Crippen LogP contribution in [0.15, 0.2) is 0 Å². The summed E-state index contributed by atoms with van der Waals surface area (Å²) in [4.78, 5) is 11.7. The fraction of sp³-hybridized carbons (Fsp3) is 0.923. The van der Waals surface area contributed by atoms with Crippen molar-refractivity contribution in [1.29, 1.82) is 0 Å². The molecule has 0 aromatic rings. The Morgan fingerprint density at radius 1 is 1.32 bits per heavy atom. The molecule has 6 nitrogen and oxygen atoms in total. The average molecular weight is 276 g/mol. The molecule has 0 bridgehead atoms. The van der Waals surface area contributed by atoms with Crippen LogP contribution < -0.4 is 0 Å². The number of carbonyl (C=O) groups is 1. The highest BCUT2D eigenvalue weighted by atomic mass is 16.7. The van der Waals surface area contributed by atoms with E-state index in [1.165, 1.54) is 0 Å². The second kappa shape index (κ2) is 7.19. The first-order chi connectivity index (χ1) is 8.88. The highest BCUT2D eigenvalue weighted by molar-refractivity contribution is 5.76. The third-order valence-corrected chi connectivity index (χ3v) is 3.28. The summed E-state index contributed by atoms with van der Waals surface area (Å²) in [6.45, 7) is 6.50. The van der Waals surface area contributed by atoms with Crippen molar-refractivity contribution in [3.8, 4) is 0 Å². The van der Waals surface area contributed by atoms with Gasteiger partial charge in [-0.2, -0.15) is 0 Å². The molecule has 1 aliphatic rings. The lowest BCUT2D eigenvalue weighted by molar-refractivity contribution is -0.152. The number of methoxy groups -OCH3 is 1.